The van der Waals surface area contributed by atoms with Gasteiger partial charge in [-0.3, -0.25) is 9.48 Å². The van der Waals surface area contributed by atoms with Crippen LogP contribution < -0.4 is 5.32 Å². The maximum atomic E-state index is 13.5. The number of carbonyl (C=O) groups excluding carboxylic acids is 2. The van der Waals surface area contributed by atoms with Crippen molar-refractivity contribution in [2.45, 2.75) is 32.1 Å². The second kappa shape index (κ2) is 9.79. The van der Waals surface area contributed by atoms with Crippen molar-refractivity contribution >= 4 is 23.3 Å². The molecule has 0 bridgehead atoms. The number of urea groups is 1. The van der Waals surface area contributed by atoms with Crippen molar-refractivity contribution in [3.8, 4) is 0 Å². The molecule has 0 spiro atoms. The van der Waals surface area contributed by atoms with Crippen LogP contribution in [0.3, 0.4) is 0 Å². The van der Waals surface area contributed by atoms with E-state index in [2.05, 4.69) is 15.5 Å². The fourth-order valence-corrected chi connectivity index (χ4v) is 3.93. The van der Waals surface area contributed by atoms with Gasteiger partial charge in [-0.1, -0.05) is 0 Å². The molecule has 0 atom stereocenters. The van der Waals surface area contributed by atoms with Gasteiger partial charge >= 0.3 is 12.2 Å². The molecule has 15 heteroatoms. The molecule has 3 heterocycles. The van der Waals surface area contributed by atoms with Crippen molar-refractivity contribution in [3.63, 3.8) is 0 Å². The number of nitrogens with zero attached hydrogens (tertiary/aromatic N) is 5. The van der Waals surface area contributed by atoms with Crippen molar-refractivity contribution in [2.75, 3.05) is 32.1 Å². The third-order valence-corrected chi connectivity index (χ3v) is 5.54. The summed E-state index contributed by atoms with van der Waals surface area (Å²) < 4.78 is 83.5. The number of amides is 3. The molecule has 0 saturated heterocycles. The Morgan fingerprint density at radius 1 is 1.25 bits per heavy atom. The van der Waals surface area contributed by atoms with Crippen LogP contribution in [0, 0.1) is 5.82 Å². The Morgan fingerprint density at radius 3 is 2.69 bits per heavy atom. The van der Waals surface area contributed by atoms with Gasteiger partial charge in [0, 0.05) is 31.3 Å². The molecule has 0 radical (unpaired) electrons. The molecular weight excluding hydrogens is 498 g/mol. The summed E-state index contributed by atoms with van der Waals surface area (Å²) in [6, 6.07) is 1.38. The van der Waals surface area contributed by atoms with Crippen molar-refractivity contribution in [2.24, 2.45) is 5.10 Å². The van der Waals surface area contributed by atoms with Gasteiger partial charge in [0.1, 0.15) is 18.1 Å². The second-order valence-corrected chi connectivity index (χ2v) is 8.13. The van der Waals surface area contributed by atoms with Gasteiger partial charge < -0.3 is 15.0 Å². The van der Waals surface area contributed by atoms with E-state index in [0.29, 0.717) is 23.4 Å². The lowest BCUT2D eigenvalue weighted by Crippen LogP contribution is -2.39. The van der Waals surface area contributed by atoms with Crippen LogP contribution in [-0.2, 0) is 30.4 Å². The predicted molar refractivity (Wildman–Crippen MR) is 113 cm³/mol. The van der Waals surface area contributed by atoms with Crippen molar-refractivity contribution in [3.05, 3.63) is 46.5 Å². The molecule has 9 nitrogen and oxygen atoms in total. The molecule has 0 aliphatic carbocycles. The number of carbonyl (C=O) groups is 2. The standard InChI is InChI=1S/C21H20F6N6O3/c1-31-19(34)18-13-8-32(20(35)28-11-2-3-15(22)14(6-11)21(25,26)27)5-4-16(13)30-33(18)7-12(29-31)9-36-10-17(23)24/h2-3,6,17H,4-5,7-10H2,1H3,(H,28,35). The van der Waals surface area contributed by atoms with Gasteiger partial charge in [0.2, 0.25) is 0 Å². The molecule has 2 aliphatic heterocycles. The van der Waals surface area contributed by atoms with Gasteiger partial charge in [-0.25, -0.2) is 23.0 Å². The van der Waals surface area contributed by atoms with E-state index in [1.807, 2.05) is 0 Å². The molecule has 2 aliphatic rings. The first kappa shape index (κ1) is 25.5. The minimum absolute atomic E-state index is 0.00362. The van der Waals surface area contributed by atoms with Gasteiger partial charge in [-0.15, -0.1) is 0 Å². The quantitative estimate of drug-likeness (QED) is 0.615. The topological polar surface area (TPSA) is 92.1 Å². The average molecular weight is 518 g/mol. The molecule has 0 saturated carbocycles. The van der Waals surface area contributed by atoms with Crippen LogP contribution in [0.4, 0.5) is 36.8 Å². The molecule has 194 valence electrons. The largest absolute Gasteiger partial charge is 0.419 e. The van der Waals surface area contributed by atoms with Crippen molar-refractivity contribution in [1.29, 1.82) is 0 Å². The Kier molecular flexibility index (Phi) is 6.93. The van der Waals surface area contributed by atoms with Crippen LogP contribution in [0.25, 0.3) is 0 Å². The lowest BCUT2D eigenvalue weighted by atomic mass is 10.0. The first-order chi connectivity index (χ1) is 16.9. The fourth-order valence-electron chi connectivity index (χ4n) is 3.93. The van der Waals surface area contributed by atoms with Gasteiger partial charge in [-0.05, 0) is 18.2 Å². The average Bonchev–Trinajstić information content (AvgIpc) is 3.10. The Labute approximate surface area is 200 Å². The predicted octanol–water partition coefficient (Wildman–Crippen LogP) is 3.35. The number of hydrazone groups is 1. The first-order valence-corrected chi connectivity index (χ1v) is 10.7. The highest BCUT2D eigenvalue weighted by molar-refractivity contribution is 5.98. The molecule has 2 aromatic rings. The number of hydrogen-bond donors (Lipinski definition) is 1. The zero-order valence-electron chi connectivity index (χ0n) is 18.8. The maximum absolute atomic E-state index is 13.5. The monoisotopic (exact) mass is 518 g/mol. The van der Waals surface area contributed by atoms with Crippen LogP contribution in [0.15, 0.2) is 23.3 Å². The number of benzene rings is 1. The highest BCUT2D eigenvalue weighted by Gasteiger charge is 2.35. The number of ether oxygens (including phenoxy) is 1. The Bertz CT molecular complexity index is 1210. The SMILES string of the molecule is CN1N=C(COCC(F)F)Cn2nc3c(c2C1=O)CN(C(=O)Nc1ccc(F)c(C(F)(F)F)c1)CC3. The molecule has 1 aromatic carbocycles. The fraction of sp³-hybridized carbons (Fsp3) is 0.429. The van der Waals surface area contributed by atoms with E-state index < -0.39 is 42.5 Å². The number of alkyl halides is 5. The molecule has 0 unspecified atom stereocenters. The van der Waals surface area contributed by atoms with Crippen LogP contribution >= 0.6 is 0 Å². The second-order valence-electron chi connectivity index (χ2n) is 8.13. The number of hydrogen-bond acceptors (Lipinski definition) is 5. The molecule has 36 heavy (non-hydrogen) atoms. The van der Waals surface area contributed by atoms with Crippen molar-refractivity contribution in [1.82, 2.24) is 19.7 Å². The zero-order valence-corrected chi connectivity index (χ0v) is 18.8. The number of fused-ring (bicyclic) bond motifs is 3. The third-order valence-electron chi connectivity index (χ3n) is 5.54. The van der Waals surface area contributed by atoms with E-state index in [1.54, 1.807) is 0 Å². The maximum Gasteiger partial charge on any atom is 0.419 e. The van der Waals surface area contributed by atoms with Gasteiger partial charge in [-0.2, -0.15) is 23.4 Å². The Morgan fingerprint density at radius 2 is 2.00 bits per heavy atom. The molecule has 1 aromatic heterocycles. The van der Waals surface area contributed by atoms with Crippen LogP contribution in [0.1, 0.15) is 27.3 Å². The zero-order chi connectivity index (χ0) is 26.2. The Balaban J connectivity index is 1.51. The summed E-state index contributed by atoms with van der Waals surface area (Å²) in [7, 11) is 1.38. The van der Waals surface area contributed by atoms with E-state index in [-0.39, 0.29) is 49.8 Å². The lowest BCUT2D eigenvalue weighted by molar-refractivity contribution is -0.139. The highest BCUT2D eigenvalue weighted by Crippen LogP contribution is 2.33. The van der Waals surface area contributed by atoms with Crippen molar-refractivity contribution < 1.29 is 40.7 Å². The van der Waals surface area contributed by atoms with Crippen LogP contribution in [0.5, 0.6) is 0 Å². The van der Waals surface area contributed by atoms with Gasteiger partial charge in [0.05, 0.1) is 36.7 Å². The molecule has 0 fully saturated rings. The number of halogens is 6. The summed E-state index contributed by atoms with van der Waals surface area (Å²) in [6.07, 6.45) is -7.33. The summed E-state index contributed by atoms with van der Waals surface area (Å²) in [6.45, 7) is -0.935. The van der Waals surface area contributed by atoms with Gasteiger partial charge in [0.25, 0.3) is 12.3 Å². The highest BCUT2D eigenvalue weighted by atomic mass is 19.4. The van der Waals surface area contributed by atoms with E-state index in [0.717, 1.165) is 11.1 Å². The van der Waals surface area contributed by atoms with Gasteiger partial charge in [0.15, 0.2) is 0 Å². The minimum atomic E-state index is -4.93. The normalized spacial score (nSPS) is 16.0. The number of rotatable bonds is 5. The number of anilines is 1. The molecule has 1 N–H and O–H groups in total. The molecule has 4 rings (SSSR count). The van der Waals surface area contributed by atoms with E-state index in [1.165, 1.54) is 16.6 Å². The van der Waals surface area contributed by atoms with E-state index in [9.17, 15) is 35.9 Å². The summed E-state index contributed by atoms with van der Waals surface area (Å²) in [5.74, 6) is -2.00. The van der Waals surface area contributed by atoms with E-state index in [4.69, 9.17) is 4.74 Å². The minimum Gasteiger partial charge on any atom is -0.369 e. The molecular formula is C21H20F6N6O3. The molecule has 3 amide bonds. The summed E-state index contributed by atoms with van der Waals surface area (Å²) in [4.78, 5) is 27.0. The summed E-state index contributed by atoms with van der Waals surface area (Å²) in [5, 5.41) is 11.9. The Hall–Kier alpha value is -3.62. The van der Waals surface area contributed by atoms with Crippen LogP contribution in [-0.4, -0.2) is 70.6 Å². The third kappa shape index (κ3) is 5.29. The number of aromatic nitrogens is 2. The smallest absolute Gasteiger partial charge is 0.369 e. The van der Waals surface area contributed by atoms with E-state index >= 15 is 0 Å². The first-order valence-electron chi connectivity index (χ1n) is 10.7. The van der Waals surface area contributed by atoms with Crippen LogP contribution in [0.2, 0.25) is 0 Å². The lowest BCUT2D eigenvalue weighted by Gasteiger charge is -2.27. The summed E-state index contributed by atoms with van der Waals surface area (Å²) in [5.41, 5.74) is -0.327. The number of nitrogens with one attached hydrogen (secondary N) is 1. The summed E-state index contributed by atoms with van der Waals surface area (Å²) >= 11 is 0.